The zero-order valence-corrected chi connectivity index (χ0v) is 10.8. The highest BCUT2D eigenvalue weighted by Crippen LogP contribution is 2.23. The van der Waals surface area contributed by atoms with Crippen LogP contribution in [0.1, 0.15) is 24.2 Å². The van der Waals surface area contributed by atoms with Gasteiger partial charge in [-0.25, -0.2) is 0 Å². The minimum atomic E-state index is -0.519. The molecule has 0 bridgehead atoms. The summed E-state index contributed by atoms with van der Waals surface area (Å²) in [5.41, 5.74) is 6.31. The lowest BCUT2D eigenvalue weighted by Crippen LogP contribution is -2.28. The average Bonchev–Trinajstić information content (AvgIpc) is 2.23. The SMILES string of the molecule is CC(C)NCCNc1cccc(Cl)c1C(N)=O. The van der Waals surface area contributed by atoms with Gasteiger partial charge in [-0.2, -0.15) is 0 Å². The van der Waals surface area contributed by atoms with Gasteiger partial charge in [-0.05, 0) is 12.1 Å². The Morgan fingerprint density at radius 1 is 1.41 bits per heavy atom. The number of anilines is 1. The molecule has 1 aromatic carbocycles. The Labute approximate surface area is 107 Å². The number of carbonyl (C=O) groups is 1. The molecule has 0 saturated heterocycles. The molecule has 17 heavy (non-hydrogen) atoms. The van der Waals surface area contributed by atoms with E-state index in [1.165, 1.54) is 0 Å². The number of hydrogen-bond acceptors (Lipinski definition) is 3. The van der Waals surface area contributed by atoms with E-state index < -0.39 is 5.91 Å². The zero-order valence-electron chi connectivity index (χ0n) is 10.1. The number of primary amides is 1. The van der Waals surface area contributed by atoms with E-state index in [2.05, 4.69) is 24.5 Å². The number of nitrogens with one attached hydrogen (secondary N) is 2. The summed E-state index contributed by atoms with van der Waals surface area (Å²) in [6.45, 7) is 5.67. The number of carbonyl (C=O) groups excluding carboxylic acids is 1. The van der Waals surface area contributed by atoms with Crippen molar-refractivity contribution in [1.29, 1.82) is 0 Å². The first-order valence-corrected chi connectivity index (χ1v) is 5.95. The summed E-state index contributed by atoms with van der Waals surface area (Å²) in [5, 5.41) is 6.78. The van der Waals surface area contributed by atoms with Crippen LogP contribution in [0.3, 0.4) is 0 Å². The smallest absolute Gasteiger partial charge is 0.252 e. The molecule has 0 aliphatic heterocycles. The van der Waals surface area contributed by atoms with Gasteiger partial charge in [0, 0.05) is 24.8 Å². The van der Waals surface area contributed by atoms with Gasteiger partial charge in [0.2, 0.25) is 0 Å². The third kappa shape index (κ3) is 4.24. The molecule has 0 heterocycles. The first-order chi connectivity index (χ1) is 8.02. The molecule has 0 radical (unpaired) electrons. The van der Waals surface area contributed by atoms with Crippen LogP contribution in [0.15, 0.2) is 18.2 Å². The van der Waals surface area contributed by atoms with Crippen molar-refractivity contribution < 1.29 is 4.79 Å². The summed E-state index contributed by atoms with van der Waals surface area (Å²) in [7, 11) is 0. The molecule has 0 aliphatic carbocycles. The minimum Gasteiger partial charge on any atom is -0.383 e. The van der Waals surface area contributed by atoms with E-state index in [1.54, 1.807) is 18.2 Å². The topological polar surface area (TPSA) is 67.2 Å². The third-order valence-corrected chi connectivity index (χ3v) is 2.57. The van der Waals surface area contributed by atoms with Crippen molar-refractivity contribution in [3.63, 3.8) is 0 Å². The van der Waals surface area contributed by atoms with Crippen LogP contribution < -0.4 is 16.4 Å². The van der Waals surface area contributed by atoms with Gasteiger partial charge in [0.05, 0.1) is 10.6 Å². The van der Waals surface area contributed by atoms with Crippen LogP contribution >= 0.6 is 11.6 Å². The molecule has 0 saturated carbocycles. The van der Waals surface area contributed by atoms with Crippen molar-refractivity contribution >= 4 is 23.2 Å². The second kappa shape index (κ2) is 6.47. The van der Waals surface area contributed by atoms with Gasteiger partial charge >= 0.3 is 0 Å². The van der Waals surface area contributed by atoms with E-state index >= 15 is 0 Å². The highest BCUT2D eigenvalue weighted by atomic mass is 35.5. The number of amides is 1. The van der Waals surface area contributed by atoms with Crippen LogP contribution in [0, 0.1) is 0 Å². The van der Waals surface area contributed by atoms with Crippen LogP contribution in [-0.4, -0.2) is 25.0 Å². The molecule has 94 valence electrons. The van der Waals surface area contributed by atoms with Crippen LogP contribution in [-0.2, 0) is 0 Å². The molecule has 4 nitrogen and oxygen atoms in total. The minimum absolute atomic E-state index is 0.346. The fourth-order valence-corrected chi connectivity index (χ4v) is 1.75. The molecule has 0 unspecified atom stereocenters. The Kier molecular flexibility index (Phi) is 5.25. The van der Waals surface area contributed by atoms with E-state index in [1.807, 2.05) is 0 Å². The first kappa shape index (κ1) is 13.8. The Bertz CT molecular complexity index is 393. The summed E-state index contributed by atoms with van der Waals surface area (Å²) < 4.78 is 0. The highest BCUT2D eigenvalue weighted by Gasteiger charge is 2.11. The summed E-state index contributed by atoms with van der Waals surface area (Å²) in [6.07, 6.45) is 0. The molecular formula is C12H18ClN3O. The van der Waals surface area contributed by atoms with Crippen LogP contribution in [0.5, 0.6) is 0 Å². The summed E-state index contributed by atoms with van der Waals surface area (Å²) in [4.78, 5) is 11.3. The van der Waals surface area contributed by atoms with Crippen molar-refractivity contribution in [2.45, 2.75) is 19.9 Å². The number of rotatable bonds is 6. The molecule has 1 amide bonds. The van der Waals surface area contributed by atoms with Gasteiger partial charge in [0.1, 0.15) is 0 Å². The average molecular weight is 256 g/mol. The molecule has 4 N–H and O–H groups in total. The fourth-order valence-electron chi connectivity index (χ4n) is 1.48. The fraction of sp³-hybridized carbons (Fsp3) is 0.417. The second-order valence-electron chi connectivity index (χ2n) is 4.06. The molecule has 0 fully saturated rings. The quantitative estimate of drug-likeness (QED) is 0.680. The maximum absolute atomic E-state index is 11.3. The summed E-state index contributed by atoms with van der Waals surface area (Å²) in [6, 6.07) is 5.67. The Balaban J connectivity index is 2.64. The Hall–Kier alpha value is -1.26. The van der Waals surface area contributed by atoms with Crippen molar-refractivity contribution in [1.82, 2.24) is 5.32 Å². The monoisotopic (exact) mass is 255 g/mol. The van der Waals surface area contributed by atoms with Gasteiger partial charge in [-0.1, -0.05) is 31.5 Å². The van der Waals surface area contributed by atoms with Gasteiger partial charge in [0.15, 0.2) is 0 Å². The molecule has 5 heteroatoms. The van der Waals surface area contributed by atoms with Crippen molar-refractivity contribution in [3.05, 3.63) is 28.8 Å². The van der Waals surface area contributed by atoms with Crippen molar-refractivity contribution in [2.75, 3.05) is 18.4 Å². The molecule has 0 aliphatic rings. The molecule has 1 aromatic rings. The Morgan fingerprint density at radius 2 is 2.12 bits per heavy atom. The lowest BCUT2D eigenvalue weighted by molar-refractivity contribution is 0.100. The zero-order chi connectivity index (χ0) is 12.8. The van der Waals surface area contributed by atoms with Gasteiger partial charge in [-0.15, -0.1) is 0 Å². The predicted molar refractivity (Wildman–Crippen MR) is 71.6 cm³/mol. The van der Waals surface area contributed by atoms with Crippen LogP contribution in [0.2, 0.25) is 5.02 Å². The number of halogens is 1. The third-order valence-electron chi connectivity index (χ3n) is 2.25. The molecular weight excluding hydrogens is 238 g/mol. The second-order valence-corrected chi connectivity index (χ2v) is 4.47. The summed E-state index contributed by atoms with van der Waals surface area (Å²) >= 11 is 5.93. The van der Waals surface area contributed by atoms with Crippen molar-refractivity contribution in [2.24, 2.45) is 5.73 Å². The first-order valence-electron chi connectivity index (χ1n) is 5.58. The molecule has 1 rings (SSSR count). The van der Waals surface area contributed by atoms with Crippen LogP contribution in [0.25, 0.3) is 0 Å². The number of hydrogen-bond donors (Lipinski definition) is 3. The lowest BCUT2D eigenvalue weighted by atomic mass is 10.1. The van der Waals surface area contributed by atoms with Gasteiger partial charge in [-0.3, -0.25) is 4.79 Å². The predicted octanol–water partition coefficient (Wildman–Crippen LogP) is 1.85. The Morgan fingerprint density at radius 3 is 2.71 bits per heavy atom. The van der Waals surface area contributed by atoms with Crippen molar-refractivity contribution in [3.8, 4) is 0 Å². The highest BCUT2D eigenvalue weighted by molar-refractivity contribution is 6.34. The van der Waals surface area contributed by atoms with E-state index in [-0.39, 0.29) is 0 Å². The van der Waals surface area contributed by atoms with Gasteiger partial charge < -0.3 is 16.4 Å². The van der Waals surface area contributed by atoms with E-state index in [0.717, 1.165) is 6.54 Å². The van der Waals surface area contributed by atoms with E-state index in [4.69, 9.17) is 17.3 Å². The van der Waals surface area contributed by atoms with Gasteiger partial charge in [0.25, 0.3) is 5.91 Å². The lowest BCUT2D eigenvalue weighted by Gasteiger charge is -2.12. The standard InChI is InChI=1S/C12H18ClN3O/c1-8(2)15-6-7-16-10-5-3-4-9(13)11(10)12(14)17/h3-5,8,15-16H,6-7H2,1-2H3,(H2,14,17). The van der Waals surface area contributed by atoms with E-state index in [9.17, 15) is 4.79 Å². The maximum Gasteiger partial charge on any atom is 0.252 e. The largest absolute Gasteiger partial charge is 0.383 e. The normalized spacial score (nSPS) is 10.6. The molecule has 0 aromatic heterocycles. The van der Waals surface area contributed by atoms with E-state index in [0.29, 0.717) is 28.9 Å². The summed E-state index contributed by atoms with van der Waals surface area (Å²) in [5.74, 6) is -0.519. The molecule has 0 spiro atoms. The maximum atomic E-state index is 11.3. The number of benzene rings is 1. The molecule has 0 atom stereocenters. The number of nitrogens with two attached hydrogens (primary N) is 1. The van der Waals surface area contributed by atoms with Crippen LogP contribution in [0.4, 0.5) is 5.69 Å².